The molecule has 0 aromatic rings. The van der Waals surface area contributed by atoms with Gasteiger partial charge in [-0.3, -0.25) is 14.1 Å². The van der Waals surface area contributed by atoms with Gasteiger partial charge in [-0.15, -0.1) is 0 Å². The molecule has 4 aliphatic carbocycles. The standard InChI is InChI=1S/C21H31O8P/c1-19-7-5-13(23)9-12(19)3-4-14-15-6-8-21(25,17(24)11-22)20(15,2)10-16(18(14)19)29-30(26,27)28/h9,14-16,18,22,25H,3-8,10-11H2,1-2H3,(H2,26,27,28)/t14-,15-,16-,18+,19-,20-,21-/m0/s1. The van der Waals surface area contributed by atoms with Crippen LogP contribution >= 0.6 is 7.82 Å². The lowest BCUT2D eigenvalue weighted by atomic mass is 9.45. The Labute approximate surface area is 175 Å². The first kappa shape index (κ1) is 22.3. The van der Waals surface area contributed by atoms with Crippen LogP contribution in [0, 0.1) is 28.6 Å². The second-order valence-electron chi connectivity index (χ2n) is 10.1. The molecule has 9 heteroatoms. The van der Waals surface area contributed by atoms with Crippen molar-refractivity contribution in [2.75, 3.05) is 6.61 Å². The fraction of sp³-hybridized carbons (Fsp3) is 0.810. The Morgan fingerprint density at radius 1 is 1.23 bits per heavy atom. The van der Waals surface area contributed by atoms with Crippen molar-refractivity contribution in [2.24, 2.45) is 28.6 Å². The van der Waals surface area contributed by atoms with E-state index in [1.54, 1.807) is 13.0 Å². The second-order valence-corrected chi connectivity index (χ2v) is 11.3. The van der Waals surface area contributed by atoms with E-state index in [-0.39, 0.29) is 36.4 Å². The zero-order valence-corrected chi connectivity index (χ0v) is 18.3. The first-order valence-corrected chi connectivity index (χ1v) is 12.2. The minimum absolute atomic E-state index is 0.00355. The molecule has 0 radical (unpaired) electrons. The number of aliphatic hydroxyl groups is 2. The second kappa shape index (κ2) is 7.06. The van der Waals surface area contributed by atoms with E-state index in [9.17, 15) is 34.2 Å². The molecule has 0 aliphatic heterocycles. The van der Waals surface area contributed by atoms with Gasteiger partial charge in [-0.1, -0.05) is 19.4 Å². The minimum atomic E-state index is -4.83. The number of hydrogen-bond acceptors (Lipinski definition) is 6. The van der Waals surface area contributed by atoms with E-state index in [4.69, 9.17) is 4.52 Å². The zero-order chi connectivity index (χ0) is 22.1. The van der Waals surface area contributed by atoms with Crippen LogP contribution in [0.3, 0.4) is 0 Å². The molecule has 0 bridgehead atoms. The van der Waals surface area contributed by atoms with E-state index in [0.29, 0.717) is 32.1 Å². The van der Waals surface area contributed by atoms with Crippen LogP contribution in [0.4, 0.5) is 0 Å². The van der Waals surface area contributed by atoms with Crippen molar-refractivity contribution in [3.63, 3.8) is 0 Å². The molecule has 8 nitrogen and oxygen atoms in total. The molecule has 0 aromatic heterocycles. The van der Waals surface area contributed by atoms with Crippen LogP contribution in [-0.4, -0.2) is 49.9 Å². The number of fused-ring (bicyclic) bond motifs is 5. The lowest BCUT2D eigenvalue weighted by Crippen LogP contribution is -2.62. The summed E-state index contributed by atoms with van der Waals surface area (Å²) in [6, 6.07) is 0. The number of carbonyl (C=O) groups excluding carboxylic acids is 2. The van der Waals surface area contributed by atoms with Crippen molar-refractivity contribution in [1.82, 2.24) is 0 Å². The summed E-state index contributed by atoms with van der Waals surface area (Å²) in [4.78, 5) is 43.9. The average molecular weight is 442 g/mol. The first-order chi connectivity index (χ1) is 13.9. The van der Waals surface area contributed by atoms with Crippen LogP contribution in [-0.2, 0) is 18.7 Å². The van der Waals surface area contributed by atoms with Crippen LogP contribution < -0.4 is 0 Å². The van der Waals surface area contributed by atoms with E-state index >= 15 is 0 Å². The quantitative estimate of drug-likeness (QED) is 0.484. The molecule has 0 spiro atoms. The lowest BCUT2D eigenvalue weighted by molar-refractivity contribution is -0.180. The number of phosphoric acid groups is 1. The molecule has 4 rings (SSSR count). The van der Waals surface area contributed by atoms with Gasteiger partial charge in [0.2, 0.25) is 0 Å². The van der Waals surface area contributed by atoms with Crippen molar-refractivity contribution in [3.8, 4) is 0 Å². The molecular weight excluding hydrogens is 411 g/mol. The van der Waals surface area contributed by atoms with Crippen molar-refractivity contribution < 1.29 is 38.7 Å². The van der Waals surface area contributed by atoms with Crippen molar-refractivity contribution in [1.29, 1.82) is 0 Å². The van der Waals surface area contributed by atoms with Crippen LogP contribution in [0.5, 0.6) is 0 Å². The minimum Gasteiger partial charge on any atom is -0.388 e. The number of ketones is 2. The summed E-state index contributed by atoms with van der Waals surface area (Å²) < 4.78 is 17.2. The van der Waals surface area contributed by atoms with E-state index in [0.717, 1.165) is 5.57 Å². The van der Waals surface area contributed by atoms with Gasteiger partial charge in [-0.2, -0.15) is 0 Å². The van der Waals surface area contributed by atoms with Crippen LogP contribution in [0.2, 0.25) is 0 Å². The van der Waals surface area contributed by atoms with Gasteiger partial charge in [0.25, 0.3) is 0 Å². The van der Waals surface area contributed by atoms with Gasteiger partial charge in [-0.05, 0) is 67.8 Å². The first-order valence-electron chi connectivity index (χ1n) is 10.7. The molecule has 7 atom stereocenters. The summed E-state index contributed by atoms with van der Waals surface area (Å²) in [5, 5.41) is 20.8. The molecule has 0 aromatic carbocycles. The third-order valence-corrected chi connectivity index (χ3v) is 9.45. The predicted molar refractivity (Wildman–Crippen MR) is 106 cm³/mol. The van der Waals surface area contributed by atoms with E-state index in [2.05, 4.69) is 6.92 Å². The summed E-state index contributed by atoms with van der Waals surface area (Å²) in [6.07, 6.45) is 4.19. The highest BCUT2D eigenvalue weighted by atomic mass is 31.2. The lowest BCUT2D eigenvalue weighted by Gasteiger charge is -2.61. The Balaban J connectivity index is 1.81. The normalized spacial score (nSPS) is 45.9. The van der Waals surface area contributed by atoms with Gasteiger partial charge in [0.05, 0.1) is 6.10 Å². The molecule has 3 fully saturated rings. The van der Waals surface area contributed by atoms with Gasteiger partial charge in [-0.25, -0.2) is 4.57 Å². The molecule has 168 valence electrons. The smallest absolute Gasteiger partial charge is 0.388 e. The molecular formula is C21H31O8P. The number of phosphoric ester groups is 1. The van der Waals surface area contributed by atoms with Gasteiger partial charge in [0.15, 0.2) is 11.6 Å². The molecule has 4 N–H and O–H groups in total. The molecule has 0 unspecified atom stereocenters. The number of hydrogen-bond donors (Lipinski definition) is 4. The highest BCUT2D eigenvalue weighted by Crippen LogP contribution is 2.69. The van der Waals surface area contributed by atoms with Crippen LogP contribution in [0.15, 0.2) is 11.6 Å². The van der Waals surface area contributed by atoms with E-state index in [1.807, 2.05) is 0 Å². The van der Waals surface area contributed by atoms with E-state index < -0.39 is 42.7 Å². The molecule has 0 saturated heterocycles. The van der Waals surface area contributed by atoms with Crippen LogP contribution in [0.25, 0.3) is 0 Å². The third-order valence-electron chi connectivity index (χ3n) is 8.90. The molecule has 3 saturated carbocycles. The number of allylic oxidation sites excluding steroid dienone is 1. The fourth-order valence-electron chi connectivity index (χ4n) is 7.52. The van der Waals surface area contributed by atoms with Gasteiger partial charge in [0.1, 0.15) is 12.2 Å². The topological polar surface area (TPSA) is 141 Å². The average Bonchev–Trinajstić information content (AvgIpc) is 2.92. The maximum absolute atomic E-state index is 12.5. The third kappa shape index (κ3) is 3.11. The molecule has 30 heavy (non-hydrogen) atoms. The highest BCUT2D eigenvalue weighted by molar-refractivity contribution is 7.46. The number of carbonyl (C=O) groups is 2. The number of Topliss-reactive ketones (excluding diaryl/α,β-unsaturated/α-hetero) is 1. The summed E-state index contributed by atoms with van der Waals surface area (Å²) in [7, 11) is -4.83. The van der Waals surface area contributed by atoms with Crippen molar-refractivity contribution >= 4 is 19.4 Å². The van der Waals surface area contributed by atoms with E-state index in [1.165, 1.54) is 0 Å². The number of aliphatic hydroxyl groups excluding tert-OH is 1. The van der Waals surface area contributed by atoms with Gasteiger partial charge < -0.3 is 20.0 Å². The predicted octanol–water partition coefficient (Wildman–Crippen LogP) is 1.90. The SMILES string of the molecule is C[C@]12CCC(=O)C=C1CC[C@@H]1[C@@H]2[C@@H](OP(=O)(O)O)C[C@@]2(C)[C@H]1CC[C@]2(O)C(=O)CO. The Hall–Kier alpha value is -0.890. The van der Waals surface area contributed by atoms with Gasteiger partial charge >= 0.3 is 7.82 Å². The van der Waals surface area contributed by atoms with Crippen LogP contribution in [0.1, 0.15) is 58.8 Å². The number of rotatable bonds is 4. The van der Waals surface area contributed by atoms with Gasteiger partial charge in [0, 0.05) is 11.8 Å². The molecule has 4 aliphatic rings. The Kier molecular flexibility index (Phi) is 5.25. The largest absolute Gasteiger partial charge is 0.469 e. The van der Waals surface area contributed by atoms with Crippen molar-refractivity contribution in [2.45, 2.75) is 70.5 Å². The summed E-state index contributed by atoms with van der Waals surface area (Å²) in [5.74, 6) is -0.820. The Morgan fingerprint density at radius 3 is 2.57 bits per heavy atom. The van der Waals surface area contributed by atoms with Crippen molar-refractivity contribution in [3.05, 3.63) is 11.6 Å². The molecule has 0 heterocycles. The monoisotopic (exact) mass is 442 g/mol. The fourth-order valence-corrected chi connectivity index (χ4v) is 8.08. The summed E-state index contributed by atoms with van der Waals surface area (Å²) in [5.41, 5.74) is -2.09. The zero-order valence-electron chi connectivity index (χ0n) is 17.4. The maximum atomic E-state index is 12.5. The maximum Gasteiger partial charge on any atom is 0.469 e. The summed E-state index contributed by atoms with van der Waals surface area (Å²) >= 11 is 0. The highest BCUT2D eigenvalue weighted by Gasteiger charge is 2.69. The Morgan fingerprint density at radius 2 is 1.93 bits per heavy atom. The Bertz CT molecular complexity index is 848. The summed E-state index contributed by atoms with van der Waals surface area (Å²) in [6.45, 7) is 3.08. The molecule has 0 amide bonds.